The highest BCUT2D eigenvalue weighted by molar-refractivity contribution is 5.86. The van der Waals surface area contributed by atoms with E-state index in [1.165, 1.54) is 19.2 Å². The molecule has 2 fully saturated rings. The van der Waals surface area contributed by atoms with Crippen LogP contribution < -0.4 is 0 Å². The topological polar surface area (TPSA) is 49.9 Å². The highest BCUT2D eigenvalue weighted by Gasteiger charge is 2.49. The van der Waals surface area contributed by atoms with Crippen LogP contribution in [0.15, 0.2) is 18.2 Å². The third-order valence-corrected chi connectivity index (χ3v) is 5.19. The molecule has 0 aromatic heterocycles. The van der Waals surface area contributed by atoms with Crippen molar-refractivity contribution in [2.24, 2.45) is 5.41 Å². The van der Waals surface area contributed by atoms with Gasteiger partial charge in [0, 0.05) is 38.9 Å². The average molecular weight is 352 g/mol. The lowest BCUT2D eigenvalue weighted by Gasteiger charge is -2.39. The van der Waals surface area contributed by atoms with Gasteiger partial charge in [-0.3, -0.25) is 9.59 Å². The summed E-state index contributed by atoms with van der Waals surface area (Å²) >= 11 is 0. The van der Waals surface area contributed by atoms with E-state index in [4.69, 9.17) is 4.74 Å². The Morgan fingerprint density at radius 3 is 2.84 bits per heavy atom. The van der Waals surface area contributed by atoms with Crippen molar-refractivity contribution in [2.45, 2.75) is 25.8 Å². The number of piperidine rings is 1. The molecular weight excluding hydrogens is 330 g/mol. The molecule has 1 spiro atoms. The van der Waals surface area contributed by atoms with Gasteiger partial charge in [0.25, 0.3) is 0 Å². The predicted molar refractivity (Wildman–Crippen MR) is 86.5 cm³/mol. The van der Waals surface area contributed by atoms with Crippen LogP contribution in [-0.2, 0) is 20.9 Å². The fourth-order valence-corrected chi connectivity index (χ4v) is 3.86. The number of methoxy groups -OCH3 is 1. The summed E-state index contributed by atoms with van der Waals surface area (Å²) in [5, 5.41) is 0. The summed E-state index contributed by atoms with van der Waals surface area (Å²) in [5.74, 6) is -2.01. The molecule has 136 valence electrons. The number of nitrogens with zero attached hydrogens (tertiary/aromatic N) is 2. The molecule has 0 aliphatic carbocycles. The van der Waals surface area contributed by atoms with Gasteiger partial charge in [0.15, 0.2) is 11.6 Å². The summed E-state index contributed by atoms with van der Waals surface area (Å²) in [4.78, 5) is 28.3. The van der Waals surface area contributed by atoms with Gasteiger partial charge in [-0.15, -0.1) is 0 Å². The van der Waals surface area contributed by atoms with Crippen LogP contribution in [0.4, 0.5) is 8.78 Å². The van der Waals surface area contributed by atoms with Gasteiger partial charge in [-0.25, -0.2) is 8.78 Å². The summed E-state index contributed by atoms with van der Waals surface area (Å²) < 4.78 is 32.2. The van der Waals surface area contributed by atoms with Crippen molar-refractivity contribution in [1.29, 1.82) is 0 Å². The molecule has 2 amide bonds. The summed E-state index contributed by atoms with van der Waals surface area (Å²) in [6.07, 6.45) is 2.10. The number of ether oxygens (including phenoxy) is 1. The fourth-order valence-electron chi connectivity index (χ4n) is 3.86. The Hall–Kier alpha value is -2.02. The number of halogens is 2. The van der Waals surface area contributed by atoms with Crippen molar-refractivity contribution in [3.05, 3.63) is 35.4 Å². The van der Waals surface area contributed by atoms with E-state index < -0.39 is 17.0 Å². The Morgan fingerprint density at radius 1 is 1.28 bits per heavy atom. The first-order valence-electron chi connectivity index (χ1n) is 8.46. The Bertz CT molecular complexity index is 682. The fraction of sp³-hybridized carbons (Fsp3) is 0.556. The summed E-state index contributed by atoms with van der Waals surface area (Å²) in [5.41, 5.74) is -0.429. The summed E-state index contributed by atoms with van der Waals surface area (Å²) in [7, 11) is 1.46. The minimum Gasteiger partial charge on any atom is -0.375 e. The maximum atomic E-state index is 13.9. The maximum absolute atomic E-state index is 13.9. The molecule has 1 atom stereocenters. The number of carbonyl (C=O) groups excluding carboxylic acids is 2. The monoisotopic (exact) mass is 352 g/mol. The molecule has 25 heavy (non-hydrogen) atoms. The Labute approximate surface area is 145 Å². The molecule has 0 N–H and O–H groups in total. The second-order valence-corrected chi connectivity index (χ2v) is 6.82. The summed E-state index contributed by atoms with van der Waals surface area (Å²) in [6.45, 7) is 1.47. The van der Waals surface area contributed by atoms with Gasteiger partial charge in [0.2, 0.25) is 11.8 Å². The molecule has 7 heteroatoms. The number of carbonyl (C=O) groups is 2. The van der Waals surface area contributed by atoms with Gasteiger partial charge in [0.05, 0.1) is 5.41 Å². The van der Waals surface area contributed by atoms with Crippen molar-refractivity contribution in [1.82, 2.24) is 9.80 Å². The minimum atomic E-state index is -0.908. The molecule has 2 saturated heterocycles. The molecule has 2 aliphatic rings. The molecule has 1 aromatic carbocycles. The smallest absolute Gasteiger partial charge is 0.248 e. The SMILES string of the molecule is COCC(=O)N1CCC2(CCCN(Cc3cccc(F)c3F)C2=O)C1. The van der Waals surface area contributed by atoms with E-state index in [-0.39, 0.29) is 30.5 Å². The highest BCUT2D eigenvalue weighted by Crippen LogP contribution is 2.40. The lowest BCUT2D eigenvalue weighted by Crippen LogP contribution is -2.50. The minimum absolute atomic E-state index is 0.00247. The van der Waals surface area contributed by atoms with E-state index in [0.717, 1.165) is 12.5 Å². The standard InChI is InChI=1S/C18H22F2N2O3/c1-25-11-15(23)22-9-7-18(12-22)6-3-8-21(17(18)24)10-13-4-2-5-14(19)16(13)20/h2,4-5H,3,6-12H2,1H3. The molecule has 5 nitrogen and oxygen atoms in total. The van der Waals surface area contributed by atoms with Crippen molar-refractivity contribution in [2.75, 3.05) is 33.4 Å². The molecule has 3 rings (SSSR count). The zero-order chi connectivity index (χ0) is 18.0. The van der Waals surface area contributed by atoms with E-state index in [9.17, 15) is 18.4 Å². The van der Waals surface area contributed by atoms with Gasteiger partial charge >= 0.3 is 0 Å². The van der Waals surface area contributed by atoms with Gasteiger partial charge in [-0.2, -0.15) is 0 Å². The van der Waals surface area contributed by atoms with E-state index >= 15 is 0 Å². The van der Waals surface area contributed by atoms with Crippen LogP contribution in [-0.4, -0.2) is 55.0 Å². The third kappa shape index (κ3) is 3.38. The van der Waals surface area contributed by atoms with Crippen molar-refractivity contribution in [3.63, 3.8) is 0 Å². The van der Waals surface area contributed by atoms with Gasteiger partial charge in [-0.1, -0.05) is 12.1 Å². The predicted octanol–water partition coefficient (Wildman–Crippen LogP) is 1.95. The molecule has 0 bridgehead atoms. The second-order valence-electron chi connectivity index (χ2n) is 6.82. The molecule has 0 radical (unpaired) electrons. The highest BCUT2D eigenvalue weighted by atomic mass is 19.2. The first kappa shape index (κ1) is 17.8. The number of likely N-dealkylation sites (tertiary alicyclic amines) is 2. The lowest BCUT2D eigenvalue weighted by molar-refractivity contribution is -0.147. The molecule has 2 aliphatic heterocycles. The van der Waals surface area contributed by atoms with E-state index in [1.54, 1.807) is 9.80 Å². The largest absolute Gasteiger partial charge is 0.375 e. The van der Waals surface area contributed by atoms with Crippen molar-refractivity contribution < 1.29 is 23.1 Å². The normalized spacial score (nSPS) is 23.6. The number of rotatable bonds is 4. The Balaban J connectivity index is 1.73. The van der Waals surface area contributed by atoms with Crippen LogP contribution in [0.5, 0.6) is 0 Å². The number of amides is 2. The molecule has 1 aromatic rings. The van der Waals surface area contributed by atoms with Crippen molar-refractivity contribution in [3.8, 4) is 0 Å². The average Bonchev–Trinajstić information content (AvgIpc) is 3.02. The molecule has 1 unspecified atom stereocenters. The van der Waals surface area contributed by atoms with Gasteiger partial charge < -0.3 is 14.5 Å². The molecule has 0 saturated carbocycles. The van der Waals surface area contributed by atoms with Crippen LogP contribution in [0.1, 0.15) is 24.8 Å². The first-order chi connectivity index (χ1) is 12.0. The summed E-state index contributed by atoms with van der Waals surface area (Å²) in [6, 6.07) is 4.00. The van der Waals surface area contributed by atoms with E-state index in [0.29, 0.717) is 32.5 Å². The van der Waals surface area contributed by atoms with Gasteiger partial charge in [-0.05, 0) is 25.3 Å². The van der Waals surface area contributed by atoms with Crippen LogP contribution in [0, 0.1) is 17.0 Å². The number of hydrogen-bond donors (Lipinski definition) is 0. The molecule has 2 heterocycles. The Kier molecular flexibility index (Phi) is 5.03. The lowest BCUT2D eigenvalue weighted by atomic mass is 9.78. The van der Waals surface area contributed by atoms with E-state index in [1.807, 2.05) is 0 Å². The quantitative estimate of drug-likeness (QED) is 0.832. The van der Waals surface area contributed by atoms with Crippen molar-refractivity contribution >= 4 is 11.8 Å². The molecular formula is C18H22F2N2O3. The first-order valence-corrected chi connectivity index (χ1v) is 8.46. The van der Waals surface area contributed by atoms with Crippen LogP contribution in [0.3, 0.4) is 0 Å². The number of benzene rings is 1. The second kappa shape index (κ2) is 7.07. The van der Waals surface area contributed by atoms with Crippen LogP contribution in [0.2, 0.25) is 0 Å². The third-order valence-electron chi connectivity index (χ3n) is 5.19. The number of hydrogen-bond acceptors (Lipinski definition) is 3. The Morgan fingerprint density at radius 2 is 2.08 bits per heavy atom. The van der Waals surface area contributed by atoms with Gasteiger partial charge in [0.1, 0.15) is 6.61 Å². The zero-order valence-corrected chi connectivity index (χ0v) is 14.3. The zero-order valence-electron chi connectivity index (χ0n) is 14.3. The van der Waals surface area contributed by atoms with E-state index in [2.05, 4.69) is 0 Å². The maximum Gasteiger partial charge on any atom is 0.248 e. The van der Waals surface area contributed by atoms with Crippen LogP contribution in [0.25, 0.3) is 0 Å². The van der Waals surface area contributed by atoms with Crippen LogP contribution >= 0.6 is 0 Å².